The summed E-state index contributed by atoms with van der Waals surface area (Å²) in [5.74, 6) is -0.507. The Morgan fingerprint density at radius 3 is 2.40 bits per heavy atom. The van der Waals surface area contributed by atoms with Crippen molar-refractivity contribution < 1.29 is 19.1 Å². The van der Waals surface area contributed by atoms with E-state index in [9.17, 15) is 9.59 Å². The Balaban J connectivity index is 3.22. The van der Waals surface area contributed by atoms with E-state index in [1.54, 1.807) is 6.92 Å². The predicted molar refractivity (Wildman–Crippen MR) is 55.3 cm³/mol. The number of carbonyl (C=O) groups excluding carboxylic acids is 2. The summed E-state index contributed by atoms with van der Waals surface area (Å²) in [7, 11) is 0. The van der Waals surface area contributed by atoms with Crippen LogP contribution in [0.1, 0.15) is 13.8 Å². The molecule has 0 radical (unpaired) electrons. The van der Waals surface area contributed by atoms with Gasteiger partial charge in [0.15, 0.2) is 0 Å². The Kier molecular flexibility index (Phi) is 7.27. The van der Waals surface area contributed by atoms with Gasteiger partial charge in [-0.2, -0.15) is 0 Å². The summed E-state index contributed by atoms with van der Waals surface area (Å²) in [4.78, 5) is 21.3. The molecule has 0 aliphatic heterocycles. The van der Waals surface area contributed by atoms with Crippen LogP contribution in [0.4, 0.5) is 0 Å². The van der Waals surface area contributed by atoms with Crippen molar-refractivity contribution in [3.8, 4) is 0 Å². The highest BCUT2D eigenvalue weighted by Gasteiger charge is 2.01. The molecule has 0 heterocycles. The van der Waals surface area contributed by atoms with E-state index in [1.165, 1.54) is 6.92 Å². The van der Waals surface area contributed by atoms with E-state index >= 15 is 0 Å². The number of ether oxygens (including phenoxy) is 2. The van der Waals surface area contributed by atoms with Gasteiger partial charge in [0.25, 0.3) is 0 Å². The number of hydrogen-bond acceptors (Lipinski definition) is 4. The van der Waals surface area contributed by atoms with E-state index in [0.717, 1.165) is 0 Å². The maximum atomic E-state index is 10.9. The highest BCUT2D eigenvalue weighted by Crippen LogP contribution is 1.91. The van der Waals surface area contributed by atoms with Crippen LogP contribution in [0, 0.1) is 0 Å². The molecular formula is C10H17NO4. The summed E-state index contributed by atoms with van der Waals surface area (Å²) >= 11 is 0. The third-order valence-corrected chi connectivity index (χ3v) is 1.43. The van der Waals surface area contributed by atoms with Crippen molar-refractivity contribution in [3.05, 3.63) is 12.2 Å². The van der Waals surface area contributed by atoms with Crippen LogP contribution < -0.4 is 5.32 Å². The predicted octanol–water partition coefficient (Wildman–Crippen LogP) is 0.258. The first-order chi connectivity index (χ1) is 7.04. The Morgan fingerprint density at radius 1 is 1.20 bits per heavy atom. The Morgan fingerprint density at radius 2 is 1.87 bits per heavy atom. The molecule has 86 valence electrons. The monoisotopic (exact) mass is 215 g/mol. The van der Waals surface area contributed by atoms with Gasteiger partial charge in [0.2, 0.25) is 5.91 Å². The lowest BCUT2D eigenvalue weighted by atomic mass is 10.4. The van der Waals surface area contributed by atoms with Gasteiger partial charge < -0.3 is 14.8 Å². The minimum absolute atomic E-state index is 0.0905. The van der Waals surface area contributed by atoms with Gasteiger partial charge in [-0.15, -0.1) is 0 Å². The second kappa shape index (κ2) is 7.99. The smallest absolute Gasteiger partial charge is 0.333 e. The van der Waals surface area contributed by atoms with E-state index in [4.69, 9.17) is 9.47 Å². The van der Waals surface area contributed by atoms with Gasteiger partial charge >= 0.3 is 5.97 Å². The third-order valence-electron chi connectivity index (χ3n) is 1.43. The summed E-state index contributed by atoms with van der Waals surface area (Å²) < 4.78 is 9.87. The van der Waals surface area contributed by atoms with Crippen molar-refractivity contribution >= 4 is 11.9 Å². The van der Waals surface area contributed by atoms with Crippen molar-refractivity contribution in [2.45, 2.75) is 13.8 Å². The molecule has 15 heavy (non-hydrogen) atoms. The van der Waals surface area contributed by atoms with Crippen LogP contribution in [0.15, 0.2) is 12.2 Å². The molecule has 0 aromatic rings. The molecule has 0 saturated heterocycles. The zero-order valence-electron chi connectivity index (χ0n) is 9.17. The number of esters is 1. The summed E-state index contributed by atoms with van der Waals surface area (Å²) in [6, 6.07) is 0. The largest absolute Gasteiger partial charge is 0.460 e. The lowest BCUT2D eigenvalue weighted by Crippen LogP contribution is -2.25. The molecule has 0 aromatic carbocycles. The molecule has 0 fully saturated rings. The van der Waals surface area contributed by atoms with E-state index < -0.39 is 5.97 Å². The maximum absolute atomic E-state index is 10.9. The minimum atomic E-state index is -0.416. The van der Waals surface area contributed by atoms with Gasteiger partial charge in [-0.25, -0.2) is 4.79 Å². The zero-order valence-corrected chi connectivity index (χ0v) is 9.17. The number of amides is 1. The minimum Gasteiger partial charge on any atom is -0.460 e. The van der Waals surface area contributed by atoms with Crippen LogP contribution in [0.2, 0.25) is 0 Å². The molecule has 0 spiro atoms. The van der Waals surface area contributed by atoms with Crippen LogP contribution >= 0.6 is 0 Å². The summed E-state index contributed by atoms with van der Waals surface area (Å²) in [6.45, 7) is 7.85. The van der Waals surface area contributed by atoms with E-state index in [0.29, 0.717) is 25.3 Å². The second-order valence-corrected chi connectivity index (χ2v) is 3.01. The highest BCUT2D eigenvalue weighted by atomic mass is 16.6. The van der Waals surface area contributed by atoms with Crippen LogP contribution in [0.5, 0.6) is 0 Å². The fourth-order valence-corrected chi connectivity index (χ4v) is 0.718. The second-order valence-electron chi connectivity index (χ2n) is 3.01. The van der Waals surface area contributed by atoms with Crippen LogP contribution in [-0.4, -0.2) is 38.2 Å². The van der Waals surface area contributed by atoms with Crippen molar-refractivity contribution in [2.24, 2.45) is 0 Å². The van der Waals surface area contributed by atoms with Crippen LogP contribution in [-0.2, 0) is 19.1 Å². The summed E-state index contributed by atoms with van der Waals surface area (Å²) in [5.41, 5.74) is 0.369. The van der Waals surface area contributed by atoms with E-state index in [1.807, 2.05) is 0 Å². The van der Waals surface area contributed by atoms with Gasteiger partial charge in [0, 0.05) is 19.0 Å². The lowest BCUT2D eigenvalue weighted by molar-refractivity contribution is -0.140. The number of rotatable bonds is 7. The lowest BCUT2D eigenvalue weighted by Gasteiger charge is -2.05. The van der Waals surface area contributed by atoms with Crippen molar-refractivity contribution in [3.63, 3.8) is 0 Å². The Bertz CT molecular complexity index is 238. The molecule has 0 bridgehead atoms. The normalized spacial score (nSPS) is 9.47. The van der Waals surface area contributed by atoms with Gasteiger partial charge in [-0.1, -0.05) is 6.58 Å². The summed E-state index contributed by atoms with van der Waals surface area (Å²) in [6.07, 6.45) is 0. The first-order valence-electron chi connectivity index (χ1n) is 4.69. The van der Waals surface area contributed by atoms with Crippen molar-refractivity contribution in [2.75, 3.05) is 26.4 Å². The van der Waals surface area contributed by atoms with Gasteiger partial charge in [0.1, 0.15) is 6.61 Å². The Labute approximate surface area is 89.4 Å². The third kappa shape index (κ3) is 8.96. The first-order valence-corrected chi connectivity index (χ1v) is 4.69. The topological polar surface area (TPSA) is 64.6 Å². The molecule has 5 nitrogen and oxygen atoms in total. The molecule has 0 aliphatic carbocycles. The number of hydrogen-bond donors (Lipinski definition) is 1. The average molecular weight is 215 g/mol. The van der Waals surface area contributed by atoms with Gasteiger partial charge in [-0.05, 0) is 6.92 Å². The standard InChI is InChI=1S/C10H17NO4/c1-8(2)10(13)15-7-6-14-5-4-11-9(3)12/h1,4-7H2,2-3H3,(H,11,12). The van der Waals surface area contributed by atoms with Gasteiger partial charge in [-0.3, -0.25) is 4.79 Å². The molecule has 5 heteroatoms. The molecule has 0 aromatic heterocycles. The quantitative estimate of drug-likeness (QED) is 0.376. The zero-order chi connectivity index (χ0) is 11.7. The summed E-state index contributed by atoms with van der Waals surface area (Å²) in [5, 5.41) is 2.58. The SMILES string of the molecule is C=C(C)C(=O)OCCOCCNC(C)=O. The number of nitrogens with one attached hydrogen (secondary N) is 1. The van der Waals surface area contributed by atoms with Crippen molar-refractivity contribution in [1.82, 2.24) is 5.32 Å². The first kappa shape index (κ1) is 13.6. The van der Waals surface area contributed by atoms with Crippen molar-refractivity contribution in [1.29, 1.82) is 0 Å². The van der Waals surface area contributed by atoms with E-state index in [2.05, 4.69) is 11.9 Å². The molecule has 0 rings (SSSR count). The fourth-order valence-electron chi connectivity index (χ4n) is 0.718. The molecular weight excluding hydrogens is 198 g/mol. The molecule has 0 unspecified atom stereocenters. The average Bonchev–Trinajstić information content (AvgIpc) is 2.15. The van der Waals surface area contributed by atoms with Crippen LogP contribution in [0.3, 0.4) is 0 Å². The molecule has 1 N–H and O–H groups in total. The maximum Gasteiger partial charge on any atom is 0.333 e. The van der Waals surface area contributed by atoms with E-state index in [-0.39, 0.29) is 12.5 Å². The number of carbonyl (C=O) groups is 2. The molecule has 1 amide bonds. The molecule has 0 saturated carbocycles. The Hall–Kier alpha value is -1.36. The highest BCUT2D eigenvalue weighted by molar-refractivity contribution is 5.86. The van der Waals surface area contributed by atoms with Gasteiger partial charge in [0.05, 0.1) is 13.2 Å². The molecule has 0 atom stereocenters. The molecule has 0 aliphatic rings. The fraction of sp³-hybridized carbons (Fsp3) is 0.600. The van der Waals surface area contributed by atoms with Crippen LogP contribution in [0.25, 0.3) is 0 Å².